The van der Waals surface area contributed by atoms with Crippen molar-refractivity contribution in [1.29, 1.82) is 0 Å². The van der Waals surface area contributed by atoms with Crippen molar-refractivity contribution in [2.75, 3.05) is 51.7 Å². The number of ether oxygens (including phenoxy) is 1. The highest BCUT2D eigenvalue weighted by Crippen LogP contribution is 2.16. The molecular formula is C11H22N2OS. The van der Waals surface area contributed by atoms with E-state index in [0.717, 1.165) is 31.6 Å². The fourth-order valence-corrected chi connectivity index (χ4v) is 2.83. The molecule has 0 aromatic heterocycles. The average Bonchev–Trinajstić information content (AvgIpc) is 2.32. The Kier molecular flexibility index (Phi) is 4.75. The first-order chi connectivity index (χ1) is 7.40. The molecule has 0 spiro atoms. The number of thiol groups is 1. The van der Waals surface area contributed by atoms with Gasteiger partial charge in [0, 0.05) is 57.7 Å². The first-order valence-electron chi connectivity index (χ1n) is 6.05. The Balaban J connectivity index is 1.72. The fourth-order valence-electron chi connectivity index (χ4n) is 2.54. The highest BCUT2D eigenvalue weighted by Gasteiger charge is 2.24. The van der Waals surface area contributed by atoms with E-state index in [-0.39, 0.29) is 0 Å². The fraction of sp³-hybridized carbons (Fsp3) is 1.00. The van der Waals surface area contributed by atoms with E-state index in [4.69, 9.17) is 4.74 Å². The van der Waals surface area contributed by atoms with E-state index in [1.807, 2.05) is 0 Å². The summed E-state index contributed by atoms with van der Waals surface area (Å²) in [4.78, 5) is 5.17. The molecule has 0 aromatic rings. The van der Waals surface area contributed by atoms with Gasteiger partial charge in [-0.2, -0.15) is 12.6 Å². The number of rotatable bonds is 3. The number of nitrogens with zero attached hydrogens (tertiary/aromatic N) is 2. The third kappa shape index (κ3) is 3.34. The van der Waals surface area contributed by atoms with Gasteiger partial charge in [-0.15, -0.1) is 0 Å². The van der Waals surface area contributed by atoms with Gasteiger partial charge in [-0.05, 0) is 12.8 Å². The second-order valence-corrected chi connectivity index (χ2v) is 4.89. The van der Waals surface area contributed by atoms with E-state index in [1.54, 1.807) is 0 Å². The maximum Gasteiger partial charge on any atom is 0.0480 e. The average molecular weight is 230 g/mol. The third-order valence-electron chi connectivity index (χ3n) is 3.53. The highest BCUT2D eigenvalue weighted by molar-refractivity contribution is 7.80. The van der Waals surface area contributed by atoms with E-state index in [0.29, 0.717) is 0 Å². The lowest BCUT2D eigenvalue weighted by molar-refractivity contribution is 0.0147. The summed E-state index contributed by atoms with van der Waals surface area (Å²) in [7, 11) is 0. The van der Waals surface area contributed by atoms with Crippen molar-refractivity contribution in [3.05, 3.63) is 0 Å². The standard InChI is InChI=1S/C11H22N2OS/c15-10-7-12-3-5-13(6-4-12)11-1-8-14-9-2-11/h11,15H,1-10H2. The summed E-state index contributed by atoms with van der Waals surface area (Å²) in [6, 6.07) is 0.789. The smallest absolute Gasteiger partial charge is 0.0480 e. The van der Waals surface area contributed by atoms with Crippen LogP contribution in [0.3, 0.4) is 0 Å². The van der Waals surface area contributed by atoms with Gasteiger partial charge in [0.1, 0.15) is 0 Å². The van der Waals surface area contributed by atoms with Crippen LogP contribution in [0.5, 0.6) is 0 Å². The van der Waals surface area contributed by atoms with Gasteiger partial charge in [0.25, 0.3) is 0 Å². The lowest BCUT2D eigenvalue weighted by Crippen LogP contribution is -2.51. The molecule has 0 aromatic carbocycles. The minimum Gasteiger partial charge on any atom is -0.381 e. The van der Waals surface area contributed by atoms with Crippen molar-refractivity contribution in [3.63, 3.8) is 0 Å². The van der Waals surface area contributed by atoms with E-state index in [1.165, 1.54) is 39.0 Å². The van der Waals surface area contributed by atoms with Crippen LogP contribution in [-0.4, -0.2) is 67.5 Å². The minimum absolute atomic E-state index is 0.789. The Morgan fingerprint density at radius 3 is 2.33 bits per heavy atom. The summed E-state index contributed by atoms with van der Waals surface area (Å²) in [5.74, 6) is 0.983. The summed E-state index contributed by atoms with van der Waals surface area (Å²) in [6.45, 7) is 7.97. The van der Waals surface area contributed by atoms with Crippen molar-refractivity contribution in [1.82, 2.24) is 9.80 Å². The van der Waals surface area contributed by atoms with Crippen molar-refractivity contribution in [2.24, 2.45) is 0 Å². The molecular weight excluding hydrogens is 208 g/mol. The molecule has 2 aliphatic rings. The van der Waals surface area contributed by atoms with Crippen LogP contribution in [0.4, 0.5) is 0 Å². The van der Waals surface area contributed by atoms with E-state index in [9.17, 15) is 0 Å². The minimum atomic E-state index is 0.789. The first kappa shape index (κ1) is 11.7. The molecule has 0 amide bonds. The summed E-state index contributed by atoms with van der Waals surface area (Å²) < 4.78 is 5.40. The van der Waals surface area contributed by atoms with Crippen molar-refractivity contribution < 1.29 is 4.74 Å². The van der Waals surface area contributed by atoms with Gasteiger partial charge in [0.05, 0.1) is 0 Å². The Morgan fingerprint density at radius 1 is 1.07 bits per heavy atom. The lowest BCUT2D eigenvalue weighted by atomic mass is 10.1. The van der Waals surface area contributed by atoms with Crippen LogP contribution in [0.2, 0.25) is 0 Å². The van der Waals surface area contributed by atoms with Gasteiger partial charge >= 0.3 is 0 Å². The maximum absolute atomic E-state index is 5.40. The van der Waals surface area contributed by atoms with Gasteiger partial charge in [-0.1, -0.05) is 0 Å². The van der Waals surface area contributed by atoms with E-state index in [2.05, 4.69) is 22.4 Å². The highest BCUT2D eigenvalue weighted by atomic mass is 32.1. The predicted octanol–water partition coefficient (Wildman–Crippen LogP) is 0.713. The van der Waals surface area contributed by atoms with Gasteiger partial charge < -0.3 is 4.74 Å². The molecule has 2 heterocycles. The predicted molar refractivity (Wildman–Crippen MR) is 65.7 cm³/mol. The topological polar surface area (TPSA) is 15.7 Å². The quantitative estimate of drug-likeness (QED) is 0.719. The Labute approximate surface area is 98.2 Å². The largest absolute Gasteiger partial charge is 0.381 e. The van der Waals surface area contributed by atoms with Crippen LogP contribution >= 0.6 is 12.6 Å². The normalized spacial score (nSPS) is 27.0. The zero-order valence-electron chi connectivity index (χ0n) is 9.40. The van der Waals surface area contributed by atoms with Crippen LogP contribution < -0.4 is 0 Å². The summed E-state index contributed by atoms with van der Waals surface area (Å²) in [5, 5.41) is 0. The molecule has 2 rings (SSSR count). The molecule has 0 saturated carbocycles. The zero-order chi connectivity index (χ0) is 10.5. The molecule has 2 saturated heterocycles. The second kappa shape index (κ2) is 6.09. The van der Waals surface area contributed by atoms with Crippen LogP contribution in [0.1, 0.15) is 12.8 Å². The summed E-state index contributed by atoms with van der Waals surface area (Å²) >= 11 is 4.28. The monoisotopic (exact) mass is 230 g/mol. The van der Waals surface area contributed by atoms with Crippen LogP contribution in [0, 0.1) is 0 Å². The maximum atomic E-state index is 5.40. The second-order valence-electron chi connectivity index (χ2n) is 4.44. The number of piperazine rings is 1. The third-order valence-corrected chi connectivity index (χ3v) is 3.73. The first-order valence-corrected chi connectivity index (χ1v) is 6.68. The molecule has 2 aliphatic heterocycles. The molecule has 3 nitrogen and oxygen atoms in total. The molecule has 0 radical (unpaired) electrons. The zero-order valence-corrected chi connectivity index (χ0v) is 10.3. The summed E-state index contributed by atoms with van der Waals surface area (Å²) in [6.07, 6.45) is 2.46. The molecule has 0 N–H and O–H groups in total. The van der Waals surface area contributed by atoms with Gasteiger partial charge in [-0.25, -0.2) is 0 Å². The van der Waals surface area contributed by atoms with Crippen molar-refractivity contribution >= 4 is 12.6 Å². The molecule has 0 aliphatic carbocycles. The number of hydrogen-bond acceptors (Lipinski definition) is 4. The van der Waals surface area contributed by atoms with Crippen molar-refractivity contribution in [3.8, 4) is 0 Å². The van der Waals surface area contributed by atoms with Crippen LogP contribution in [0.25, 0.3) is 0 Å². The molecule has 2 fully saturated rings. The molecule has 88 valence electrons. The molecule has 4 heteroatoms. The van der Waals surface area contributed by atoms with Gasteiger partial charge in [0.15, 0.2) is 0 Å². The van der Waals surface area contributed by atoms with E-state index < -0.39 is 0 Å². The molecule has 0 bridgehead atoms. The van der Waals surface area contributed by atoms with Crippen LogP contribution in [-0.2, 0) is 4.74 Å². The SMILES string of the molecule is SCCN1CCN(C2CCOCC2)CC1. The van der Waals surface area contributed by atoms with Gasteiger partial charge in [-0.3, -0.25) is 9.80 Å². The van der Waals surface area contributed by atoms with E-state index >= 15 is 0 Å². The number of hydrogen-bond donors (Lipinski definition) is 1. The van der Waals surface area contributed by atoms with Gasteiger partial charge in [0.2, 0.25) is 0 Å². The van der Waals surface area contributed by atoms with Crippen LogP contribution in [0.15, 0.2) is 0 Å². The Morgan fingerprint density at radius 2 is 1.73 bits per heavy atom. The lowest BCUT2D eigenvalue weighted by Gasteiger charge is -2.40. The Hall–Kier alpha value is 0.230. The molecule has 0 atom stereocenters. The Bertz CT molecular complexity index is 177. The molecule has 0 unspecified atom stereocenters. The molecule has 15 heavy (non-hydrogen) atoms. The van der Waals surface area contributed by atoms with Crippen molar-refractivity contribution in [2.45, 2.75) is 18.9 Å². The summed E-state index contributed by atoms with van der Waals surface area (Å²) in [5.41, 5.74) is 0.